The summed E-state index contributed by atoms with van der Waals surface area (Å²) in [6, 6.07) is 2.73. The van der Waals surface area contributed by atoms with Crippen LogP contribution in [-0.4, -0.2) is 60.9 Å². The third kappa shape index (κ3) is 3.22. The van der Waals surface area contributed by atoms with Gasteiger partial charge < -0.3 is 9.26 Å². The molecule has 0 radical (unpaired) electrons. The van der Waals surface area contributed by atoms with Crippen molar-refractivity contribution in [3.05, 3.63) is 17.5 Å². The summed E-state index contributed by atoms with van der Waals surface area (Å²) in [7, 11) is 1.79. The van der Waals surface area contributed by atoms with E-state index in [1.54, 1.807) is 7.11 Å². The number of methoxy groups -OCH3 is 1. The van der Waals surface area contributed by atoms with Crippen LogP contribution >= 0.6 is 0 Å². The zero-order valence-electron chi connectivity index (χ0n) is 12.5. The minimum absolute atomic E-state index is 0.674. The van der Waals surface area contributed by atoms with E-state index in [9.17, 15) is 0 Å². The van der Waals surface area contributed by atoms with Crippen LogP contribution in [0.3, 0.4) is 0 Å². The van der Waals surface area contributed by atoms with E-state index in [0.717, 1.165) is 43.6 Å². The standard InChI is InChI=1S/C15H25N3O2/c1-12-7-15(20-16-12)11-17-8-13-3-4-14(10-17)18(9-13)5-6-19-2/h7,13-14H,3-6,8-11H2,1-2H3/t13-,14+/m0/s1. The lowest BCUT2D eigenvalue weighted by atomic mass is 9.95. The van der Waals surface area contributed by atoms with Crippen LogP contribution in [0.15, 0.2) is 10.6 Å². The van der Waals surface area contributed by atoms with Crippen molar-refractivity contribution in [1.29, 1.82) is 0 Å². The molecule has 112 valence electrons. The number of rotatable bonds is 5. The monoisotopic (exact) mass is 279 g/mol. The van der Waals surface area contributed by atoms with Gasteiger partial charge in [0.05, 0.1) is 18.8 Å². The topological polar surface area (TPSA) is 41.7 Å². The van der Waals surface area contributed by atoms with E-state index in [1.807, 2.05) is 6.92 Å². The summed E-state index contributed by atoms with van der Waals surface area (Å²) in [6.07, 6.45) is 2.68. The molecule has 0 spiro atoms. The van der Waals surface area contributed by atoms with E-state index >= 15 is 0 Å². The van der Waals surface area contributed by atoms with Crippen molar-refractivity contribution in [3.8, 4) is 0 Å². The molecule has 0 amide bonds. The molecule has 3 aliphatic heterocycles. The van der Waals surface area contributed by atoms with Crippen LogP contribution in [-0.2, 0) is 11.3 Å². The minimum atomic E-state index is 0.674. The normalized spacial score (nSPS) is 27.9. The van der Waals surface area contributed by atoms with Gasteiger partial charge in [-0.05, 0) is 25.7 Å². The molecule has 4 heterocycles. The highest BCUT2D eigenvalue weighted by Crippen LogP contribution is 2.28. The molecule has 3 fully saturated rings. The molecular weight excluding hydrogens is 254 g/mol. The molecule has 0 aliphatic carbocycles. The Bertz CT molecular complexity index is 435. The number of hydrogen-bond acceptors (Lipinski definition) is 5. The average Bonchev–Trinajstić information content (AvgIpc) is 2.66. The highest BCUT2D eigenvalue weighted by Gasteiger charge is 2.34. The zero-order chi connectivity index (χ0) is 13.9. The second-order valence-corrected chi connectivity index (χ2v) is 6.21. The molecule has 1 aromatic heterocycles. The van der Waals surface area contributed by atoms with Crippen molar-refractivity contribution in [3.63, 3.8) is 0 Å². The summed E-state index contributed by atoms with van der Waals surface area (Å²) >= 11 is 0. The van der Waals surface area contributed by atoms with Crippen molar-refractivity contribution in [2.45, 2.75) is 32.4 Å². The SMILES string of the molecule is COCCN1C[C@H]2CC[C@@H]1CN(Cc1cc(C)no1)C2. The van der Waals surface area contributed by atoms with Gasteiger partial charge in [-0.15, -0.1) is 0 Å². The predicted molar refractivity (Wildman–Crippen MR) is 76.5 cm³/mol. The number of hydrogen-bond donors (Lipinski definition) is 0. The Hall–Kier alpha value is -0.910. The Morgan fingerprint density at radius 1 is 1.35 bits per heavy atom. The lowest BCUT2D eigenvalue weighted by Crippen LogP contribution is -2.45. The Morgan fingerprint density at radius 3 is 3.00 bits per heavy atom. The van der Waals surface area contributed by atoms with Gasteiger partial charge in [0.15, 0.2) is 5.76 Å². The fourth-order valence-corrected chi connectivity index (χ4v) is 3.60. The molecule has 0 unspecified atom stereocenters. The first kappa shape index (κ1) is 14.0. The maximum Gasteiger partial charge on any atom is 0.150 e. The van der Waals surface area contributed by atoms with Gasteiger partial charge in [-0.3, -0.25) is 9.80 Å². The fraction of sp³-hybridized carbons (Fsp3) is 0.800. The van der Waals surface area contributed by atoms with Crippen LogP contribution in [0.1, 0.15) is 24.3 Å². The average molecular weight is 279 g/mol. The van der Waals surface area contributed by atoms with E-state index in [2.05, 4.69) is 21.0 Å². The van der Waals surface area contributed by atoms with Crippen LogP contribution in [0.5, 0.6) is 0 Å². The van der Waals surface area contributed by atoms with Crippen LogP contribution in [0, 0.1) is 12.8 Å². The predicted octanol–water partition coefficient (Wildman–Crippen LogP) is 1.53. The van der Waals surface area contributed by atoms with Gasteiger partial charge in [-0.1, -0.05) is 5.16 Å². The molecule has 0 saturated carbocycles. The lowest BCUT2D eigenvalue weighted by Gasteiger charge is -2.35. The van der Waals surface area contributed by atoms with Gasteiger partial charge in [0, 0.05) is 45.4 Å². The maximum atomic E-state index is 5.37. The molecule has 4 rings (SSSR count). The van der Waals surface area contributed by atoms with Crippen molar-refractivity contribution >= 4 is 0 Å². The van der Waals surface area contributed by atoms with E-state index in [0.29, 0.717) is 6.04 Å². The first-order valence-corrected chi connectivity index (χ1v) is 7.62. The van der Waals surface area contributed by atoms with E-state index in [4.69, 9.17) is 9.26 Å². The molecule has 2 bridgehead atoms. The number of aryl methyl sites for hydroxylation is 1. The van der Waals surface area contributed by atoms with Gasteiger partial charge in [0.2, 0.25) is 0 Å². The third-order valence-corrected chi connectivity index (χ3v) is 4.54. The van der Waals surface area contributed by atoms with Gasteiger partial charge in [0.1, 0.15) is 0 Å². The lowest BCUT2D eigenvalue weighted by molar-refractivity contribution is 0.0865. The second-order valence-electron chi connectivity index (χ2n) is 6.21. The van der Waals surface area contributed by atoms with Crippen molar-refractivity contribution < 1.29 is 9.26 Å². The molecule has 5 nitrogen and oxygen atoms in total. The van der Waals surface area contributed by atoms with E-state index in [1.165, 1.54) is 25.9 Å². The molecule has 2 atom stereocenters. The molecule has 5 heteroatoms. The van der Waals surface area contributed by atoms with Crippen molar-refractivity contribution in [2.24, 2.45) is 5.92 Å². The van der Waals surface area contributed by atoms with Crippen LogP contribution in [0.2, 0.25) is 0 Å². The number of aromatic nitrogens is 1. The second kappa shape index (κ2) is 6.24. The van der Waals surface area contributed by atoms with Crippen LogP contribution < -0.4 is 0 Å². The minimum Gasteiger partial charge on any atom is -0.383 e. The molecule has 3 aliphatic rings. The number of piperidine rings is 1. The molecule has 3 saturated heterocycles. The quantitative estimate of drug-likeness (QED) is 0.817. The third-order valence-electron chi connectivity index (χ3n) is 4.54. The van der Waals surface area contributed by atoms with E-state index in [-0.39, 0.29) is 0 Å². The zero-order valence-corrected chi connectivity index (χ0v) is 12.5. The fourth-order valence-electron chi connectivity index (χ4n) is 3.60. The molecule has 0 aromatic carbocycles. The molecular formula is C15H25N3O2. The Morgan fingerprint density at radius 2 is 2.25 bits per heavy atom. The summed E-state index contributed by atoms with van der Waals surface area (Å²) < 4.78 is 10.6. The van der Waals surface area contributed by atoms with Gasteiger partial charge >= 0.3 is 0 Å². The Kier molecular flexibility index (Phi) is 4.38. The Balaban J connectivity index is 1.62. The molecule has 1 aromatic rings. The van der Waals surface area contributed by atoms with Gasteiger partial charge in [-0.2, -0.15) is 0 Å². The largest absolute Gasteiger partial charge is 0.383 e. The number of fused-ring (bicyclic) bond motifs is 4. The van der Waals surface area contributed by atoms with Crippen molar-refractivity contribution in [2.75, 3.05) is 39.9 Å². The first-order valence-electron chi connectivity index (χ1n) is 7.62. The summed E-state index contributed by atoms with van der Waals surface area (Å²) in [6.45, 7) is 8.31. The first-order chi connectivity index (χ1) is 9.74. The summed E-state index contributed by atoms with van der Waals surface area (Å²) in [5.74, 6) is 1.78. The van der Waals surface area contributed by atoms with E-state index < -0.39 is 0 Å². The van der Waals surface area contributed by atoms with Crippen LogP contribution in [0.4, 0.5) is 0 Å². The molecule has 0 N–H and O–H groups in total. The summed E-state index contributed by atoms with van der Waals surface area (Å²) in [4.78, 5) is 5.15. The highest BCUT2D eigenvalue weighted by molar-refractivity contribution is 5.03. The van der Waals surface area contributed by atoms with Gasteiger partial charge in [-0.25, -0.2) is 0 Å². The van der Waals surface area contributed by atoms with Gasteiger partial charge in [0.25, 0.3) is 0 Å². The summed E-state index contributed by atoms with van der Waals surface area (Å²) in [5.41, 5.74) is 0.972. The highest BCUT2D eigenvalue weighted by atomic mass is 16.5. The Labute approximate surface area is 120 Å². The number of nitrogens with zero attached hydrogens (tertiary/aromatic N) is 3. The maximum absolute atomic E-state index is 5.37. The summed E-state index contributed by atoms with van der Waals surface area (Å²) in [5, 5.41) is 3.99. The number of ether oxygens (including phenoxy) is 1. The van der Waals surface area contributed by atoms with Crippen LogP contribution in [0.25, 0.3) is 0 Å². The smallest absolute Gasteiger partial charge is 0.150 e. The van der Waals surface area contributed by atoms with Crippen molar-refractivity contribution in [1.82, 2.24) is 15.0 Å². The molecule has 20 heavy (non-hydrogen) atoms.